The van der Waals surface area contributed by atoms with Crippen molar-refractivity contribution in [1.29, 1.82) is 0 Å². The molecule has 0 amide bonds. The molecule has 2 heteroatoms. The van der Waals surface area contributed by atoms with E-state index in [1.807, 2.05) is 6.08 Å². The summed E-state index contributed by atoms with van der Waals surface area (Å²) in [6, 6.07) is 0.339. The molecule has 0 heterocycles. The van der Waals surface area contributed by atoms with E-state index in [9.17, 15) is 0 Å². The lowest BCUT2D eigenvalue weighted by molar-refractivity contribution is 0.308. The summed E-state index contributed by atoms with van der Waals surface area (Å²) in [5.41, 5.74) is 5.95. The molecule has 13 heavy (non-hydrogen) atoms. The number of nitrogens with zero attached hydrogens (tertiary/aromatic N) is 1. The van der Waals surface area contributed by atoms with Crippen LogP contribution in [0.15, 0.2) is 12.7 Å². The Balaban J connectivity index is 3.45. The van der Waals surface area contributed by atoms with Gasteiger partial charge in [0.25, 0.3) is 0 Å². The first-order valence-corrected chi connectivity index (χ1v) is 5.13. The highest BCUT2D eigenvalue weighted by atomic mass is 15.1. The molecule has 0 aliphatic heterocycles. The second-order valence-electron chi connectivity index (χ2n) is 4.08. The number of hydrogen-bond donors (Lipinski definition) is 1. The van der Waals surface area contributed by atoms with E-state index in [4.69, 9.17) is 5.73 Å². The molecule has 0 radical (unpaired) electrons. The fraction of sp³-hybridized carbons (Fsp3) is 0.818. The predicted molar refractivity (Wildman–Crippen MR) is 59.7 cm³/mol. The molecule has 1 atom stereocenters. The van der Waals surface area contributed by atoms with Crippen molar-refractivity contribution < 1.29 is 0 Å². The van der Waals surface area contributed by atoms with E-state index in [1.54, 1.807) is 0 Å². The quantitative estimate of drug-likeness (QED) is 0.612. The highest BCUT2D eigenvalue weighted by Gasteiger charge is 2.07. The molecule has 1 unspecified atom stereocenters. The maximum atomic E-state index is 5.95. The van der Waals surface area contributed by atoms with Crippen LogP contribution in [0.2, 0.25) is 0 Å². The van der Waals surface area contributed by atoms with Gasteiger partial charge in [-0.15, -0.1) is 6.58 Å². The highest BCUT2D eigenvalue weighted by Crippen LogP contribution is 2.03. The van der Waals surface area contributed by atoms with Crippen LogP contribution in [-0.2, 0) is 0 Å². The lowest BCUT2D eigenvalue weighted by atomic mass is 10.0. The minimum Gasteiger partial charge on any atom is -0.327 e. The van der Waals surface area contributed by atoms with Crippen molar-refractivity contribution in [2.75, 3.05) is 20.1 Å². The second-order valence-corrected chi connectivity index (χ2v) is 4.08. The van der Waals surface area contributed by atoms with E-state index < -0.39 is 0 Å². The molecular formula is C11H24N2. The summed E-state index contributed by atoms with van der Waals surface area (Å²) >= 11 is 0. The van der Waals surface area contributed by atoms with Gasteiger partial charge < -0.3 is 10.6 Å². The normalized spacial score (nSPS) is 13.7. The van der Waals surface area contributed by atoms with Gasteiger partial charge in [0.2, 0.25) is 0 Å². The minimum absolute atomic E-state index is 0.339. The van der Waals surface area contributed by atoms with Crippen LogP contribution >= 0.6 is 0 Å². The molecule has 0 saturated carbocycles. The lowest BCUT2D eigenvalue weighted by Crippen LogP contribution is -2.32. The Morgan fingerprint density at radius 1 is 1.38 bits per heavy atom. The van der Waals surface area contributed by atoms with Gasteiger partial charge in [-0.1, -0.05) is 19.9 Å². The van der Waals surface area contributed by atoms with E-state index in [0.717, 1.165) is 25.9 Å². The van der Waals surface area contributed by atoms with Crippen LogP contribution in [0, 0.1) is 5.92 Å². The van der Waals surface area contributed by atoms with Gasteiger partial charge in [0.15, 0.2) is 0 Å². The van der Waals surface area contributed by atoms with Gasteiger partial charge in [-0.2, -0.15) is 0 Å². The summed E-state index contributed by atoms with van der Waals surface area (Å²) in [6.45, 7) is 10.2. The average molecular weight is 184 g/mol. The zero-order chi connectivity index (χ0) is 10.3. The number of hydrogen-bond acceptors (Lipinski definition) is 2. The molecule has 78 valence electrons. The molecule has 0 rings (SSSR count). The van der Waals surface area contributed by atoms with E-state index in [-0.39, 0.29) is 0 Å². The lowest BCUT2D eigenvalue weighted by Gasteiger charge is -2.20. The summed E-state index contributed by atoms with van der Waals surface area (Å²) in [6.07, 6.45) is 4.11. The zero-order valence-electron chi connectivity index (χ0n) is 9.29. The number of rotatable bonds is 7. The standard InChI is InChI=1S/C11H24N2/c1-5-6-8-13(4)9-7-11(12)10(2)3/h5,10-11H,1,6-9,12H2,2-4H3. The smallest absolute Gasteiger partial charge is 0.00740 e. The molecule has 2 N–H and O–H groups in total. The third-order valence-corrected chi connectivity index (χ3v) is 2.42. The van der Waals surface area contributed by atoms with Crippen molar-refractivity contribution in [2.24, 2.45) is 11.7 Å². The van der Waals surface area contributed by atoms with Crippen molar-refractivity contribution in [1.82, 2.24) is 4.90 Å². The molecule has 0 aliphatic rings. The van der Waals surface area contributed by atoms with Crippen LogP contribution in [0.4, 0.5) is 0 Å². The Hall–Kier alpha value is -0.340. The maximum Gasteiger partial charge on any atom is 0.00740 e. The van der Waals surface area contributed by atoms with Gasteiger partial charge in [-0.3, -0.25) is 0 Å². The van der Waals surface area contributed by atoms with Gasteiger partial charge in [-0.25, -0.2) is 0 Å². The fourth-order valence-corrected chi connectivity index (χ4v) is 1.13. The maximum absolute atomic E-state index is 5.95. The van der Waals surface area contributed by atoms with Crippen molar-refractivity contribution >= 4 is 0 Å². The Morgan fingerprint density at radius 3 is 2.46 bits per heavy atom. The fourth-order valence-electron chi connectivity index (χ4n) is 1.13. The Labute approximate surface area is 82.8 Å². The second kappa shape index (κ2) is 7.10. The largest absolute Gasteiger partial charge is 0.327 e. The topological polar surface area (TPSA) is 29.3 Å². The van der Waals surface area contributed by atoms with E-state index >= 15 is 0 Å². The van der Waals surface area contributed by atoms with Crippen LogP contribution in [0.1, 0.15) is 26.7 Å². The first-order chi connectivity index (χ1) is 6.07. The Bertz CT molecular complexity index is 132. The van der Waals surface area contributed by atoms with Crippen LogP contribution in [0.25, 0.3) is 0 Å². The van der Waals surface area contributed by atoms with Crippen molar-refractivity contribution in [3.05, 3.63) is 12.7 Å². The van der Waals surface area contributed by atoms with Crippen molar-refractivity contribution in [2.45, 2.75) is 32.7 Å². The molecule has 0 bridgehead atoms. The Kier molecular flexibility index (Phi) is 6.92. The van der Waals surface area contributed by atoms with E-state index in [2.05, 4.69) is 32.4 Å². The van der Waals surface area contributed by atoms with Crippen LogP contribution < -0.4 is 5.73 Å². The molecule has 0 saturated heterocycles. The molecule has 0 spiro atoms. The van der Waals surface area contributed by atoms with Gasteiger partial charge in [-0.05, 0) is 32.4 Å². The third kappa shape index (κ3) is 6.79. The zero-order valence-corrected chi connectivity index (χ0v) is 9.29. The molecule has 0 fully saturated rings. The summed E-state index contributed by atoms with van der Waals surface area (Å²) in [7, 11) is 2.14. The predicted octanol–water partition coefficient (Wildman–Crippen LogP) is 1.87. The van der Waals surface area contributed by atoms with Gasteiger partial charge >= 0.3 is 0 Å². The summed E-state index contributed by atoms with van der Waals surface area (Å²) in [4.78, 5) is 2.31. The molecule has 0 aromatic carbocycles. The molecule has 0 aliphatic carbocycles. The molecular weight excluding hydrogens is 160 g/mol. The monoisotopic (exact) mass is 184 g/mol. The summed E-state index contributed by atoms with van der Waals surface area (Å²) in [5, 5.41) is 0. The van der Waals surface area contributed by atoms with Crippen LogP contribution in [0.5, 0.6) is 0 Å². The molecule has 0 aromatic heterocycles. The van der Waals surface area contributed by atoms with Crippen LogP contribution in [0.3, 0.4) is 0 Å². The van der Waals surface area contributed by atoms with Crippen molar-refractivity contribution in [3.8, 4) is 0 Å². The van der Waals surface area contributed by atoms with Gasteiger partial charge in [0.05, 0.1) is 0 Å². The van der Waals surface area contributed by atoms with Crippen molar-refractivity contribution in [3.63, 3.8) is 0 Å². The molecule has 2 nitrogen and oxygen atoms in total. The minimum atomic E-state index is 0.339. The highest BCUT2D eigenvalue weighted by molar-refractivity contribution is 4.70. The average Bonchev–Trinajstić information content (AvgIpc) is 2.10. The summed E-state index contributed by atoms with van der Waals surface area (Å²) < 4.78 is 0. The SMILES string of the molecule is C=CCCN(C)CCC(N)C(C)C. The van der Waals surface area contributed by atoms with Crippen LogP contribution in [-0.4, -0.2) is 31.1 Å². The first kappa shape index (κ1) is 12.7. The van der Waals surface area contributed by atoms with E-state index in [0.29, 0.717) is 12.0 Å². The van der Waals surface area contributed by atoms with Gasteiger partial charge in [0.1, 0.15) is 0 Å². The Morgan fingerprint density at radius 2 is 2.00 bits per heavy atom. The third-order valence-electron chi connectivity index (χ3n) is 2.42. The van der Waals surface area contributed by atoms with E-state index in [1.165, 1.54) is 0 Å². The number of nitrogens with two attached hydrogens (primary N) is 1. The summed E-state index contributed by atoms with van der Waals surface area (Å²) in [5.74, 6) is 0.591. The first-order valence-electron chi connectivity index (χ1n) is 5.13. The van der Waals surface area contributed by atoms with Gasteiger partial charge in [0, 0.05) is 12.6 Å². The molecule has 0 aromatic rings.